The molecular weight excluding hydrogens is 336 g/mol. The van der Waals surface area contributed by atoms with Crippen LogP contribution in [0.5, 0.6) is 0 Å². The van der Waals surface area contributed by atoms with Gasteiger partial charge in [0.05, 0.1) is 0 Å². The summed E-state index contributed by atoms with van der Waals surface area (Å²) >= 11 is 5.08. The molecule has 0 unspecified atom stereocenters. The van der Waals surface area contributed by atoms with Gasteiger partial charge in [-0.15, -0.1) is 0 Å². The number of benzene rings is 2. The van der Waals surface area contributed by atoms with Crippen molar-refractivity contribution in [2.75, 3.05) is 0 Å². The summed E-state index contributed by atoms with van der Waals surface area (Å²) in [7, 11) is 0. The maximum atomic E-state index is 12.1. The van der Waals surface area contributed by atoms with Crippen LogP contribution >= 0.6 is 12.2 Å². The molecule has 0 saturated heterocycles. The van der Waals surface area contributed by atoms with Crippen LogP contribution in [0.3, 0.4) is 0 Å². The Bertz CT molecular complexity index is 745. The first-order chi connectivity index (χ1) is 12.0. The molecule has 0 fully saturated rings. The molecule has 1 atom stereocenters. The Hall–Kier alpha value is -2.73. The van der Waals surface area contributed by atoms with Crippen molar-refractivity contribution in [2.45, 2.75) is 26.5 Å². The predicted molar refractivity (Wildman–Crippen MR) is 100 cm³/mol. The lowest BCUT2D eigenvalue weighted by atomic mass is 10.1. The second-order valence-electron chi connectivity index (χ2n) is 5.61. The van der Waals surface area contributed by atoms with Crippen LogP contribution in [0.4, 0.5) is 0 Å². The predicted octanol–water partition coefficient (Wildman–Crippen LogP) is 2.73. The van der Waals surface area contributed by atoms with E-state index in [4.69, 9.17) is 17.0 Å². The molecule has 25 heavy (non-hydrogen) atoms. The van der Waals surface area contributed by atoms with E-state index in [0.29, 0.717) is 5.56 Å². The van der Waals surface area contributed by atoms with E-state index >= 15 is 0 Å². The first-order valence-corrected chi connectivity index (χ1v) is 8.25. The van der Waals surface area contributed by atoms with Gasteiger partial charge in [0.15, 0.2) is 5.11 Å². The second kappa shape index (κ2) is 8.94. The van der Waals surface area contributed by atoms with Crippen molar-refractivity contribution >= 4 is 29.2 Å². The smallest absolute Gasteiger partial charge is 0.328 e. The number of rotatable bonds is 5. The highest BCUT2D eigenvalue weighted by Crippen LogP contribution is 2.03. The Morgan fingerprint density at radius 3 is 2.36 bits per heavy atom. The molecule has 6 heteroatoms. The van der Waals surface area contributed by atoms with E-state index in [1.54, 1.807) is 19.1 Å². The summed E-state index contributed by atoms with van der Waals surface area (Å²) in [5.41, 5.74) is 2.46. The quantitative estimate of drug-likeness (QED) is 0.637. The third-order valence-corrected chi connectivity index (χ3v) is 3.69. The van der Waals surface area contributed by atoms with Crippen molar-refractivity contribution in [1.82, 2.24) is 10.6 Å². The standard InChI is InChI=1S/C19H20N2O3S/c1-13-8-10-16(11-9-13)17(22)21-19(25)20-14(2)18(23)24-12-15-6-4-3-5-7-15/h3-11,14H,12H2,1-2H3,(H2,20,21,22,25)/t14-/m0/s1. The Balaban J connectivity index is 1.79. The van der Waals surface area contributed by atoms with Gasteiger partial charge in [-0.2, -0.15) is 0 Å². The number of hydrogen-bond donors (Lipinski definition) is 2. The van der Waals surface area contributed by atoms with Gasteiger partial charge < -0.3 is 10.1 Å². The van der Waals surface area contributed by atoms with Gasteiger partial charge in [0.25, 0.3) is 5.91 Å². The minimum Gasteiger partial charge on any atom is -0.459 e. The molecule has 2 aromatic rings. The van der Waals surface area contributed by atoms with E-state index in [0.717, 1.165) is 11.1 Å². The van der Waals surface area contributed by atoms with Crippen molar-refractivity contribution in [3.05, 3.63) is 71.3 Å². The number of esters is 1. The van der Waals surface area contributed by atoms with E-state index in [9.17, 15) is 9.59 Å². The molecule has 0 bridgehead atoms. The Kier molecular flexibility index (Phi) is 6.65. The van der Waals surface area contributed by atoms with Gasteiger partial charge >= 0.3 is 5.97 Å². The average Bonchev–Trinajstić information content (AvgIpc) is 2.60. The fraction of sp³-hybridized carbons (Fsp3) is 0.211. The number of thiocarbonyl (C=S) groups is 1. The Morgan fingerprint density at radius 1 is 1.08 bits per heavy atom. The molecule has 0 aliphatic rings. The number of amides is 1. The van der Waals surface area contributed by atoms with Crippen LogP contribution < -0.4 is 10.6 Å². The highest BCUT2D eigenvalue weighted by molar-refractivity contribution is 7.80. The number of aryl methyl sites for hydroxylation is 1. The van der Waals surface area contributed by atoms with E-state index < -0.39 is 12.0 Å². The molecule has 0 aromatic heterocycles. The zero-order valence-corrected chi connectivity index (χ0v) is 14.9. The van der Waals surface area contributed by atoms with Crippen LogP contribution in [-0.4, -0.2) is 23.0 Å². The summed E-state index contributed by atoms with van der Waals surface area (Å²) < 4.78 is 5.22. The lowest BCUT2D eigenvalue weighted by molar-refractivity contribution is -0.146. The first kappa shape index (κ1) is 18.6. The minimum absolute atomic E-state index is 0.0785. The van der Waals surface area contributed by atoms with E-state index in [1.807, 2.05) is 49.4 Å². The summed E-state index contributed by atoms with van der Waals surface area (Å²) in [5, 5.41) is 5.38. The largest absolute Gasteiger partial charge is 0.459 e. The second-order valence-corrected chi connectivity index (χ2v) is 6.02. The van der Waals surface area contributed by atoms with Gasteiger partial charge in [-0.1, -0.05) is 48.0 Å². The number of carbonyl (C=O) groups is 2. The highest BCUT2D eigenvalue weighted by Gasteiger charge is 2.17. The molecule has 0 saturated carbocycles. The SMILES string of the molecule is Cc1ccc(C(=O)NC(=S)N[C@@H](C)C(=O)OCc2ccccc2)cc1. The molecule has 0 radical (unpaired) electrons. The van der Waals surface area contributed by atoms with Crippen molar-refractivity contribution in [3.8, 4) is 0 Å². The lowest BCUT2D eigenvalue weighted by Crippen LogP contribution is -2.46. The molecule has 130 valence electrons. The van der Waals surface area contributed by atoms with Crippen LogP contribution in [0, 0.1) is 6.92 Å². The Morgan fingerprint density at radius 2 is 1.72 bits per heavy atom. The molecule has 2 aromatic carbocycles. The Labute approximate surface area is 152 Å². The molecule has 0 heterocycles. The van der Waals surface area contributed by atoms with Gasteiger partial charge in [0.2, 0.25) is 0 Å². The van der Waals surface area contributed by atoms with Crippen LogP contribution in [0.1, 0.15) is 28.4 Å². The summed E-state index contributed by atoms with van der Waals surface area (Å²) in [6.45, 7) is 3.75. The topological polar surface area (TPSA) is 67.4 Å². The maximum absolute atomic E-state index is 12.1. The van der Waals surface area contributed by atoms with Crippen molar-refractivity contribution < 1.29 is 14.3 Å². The van der Waals surface area contributed by atoms with Crippen LogP contribution in [0.15, 0.2) is 54.6 Å². The molecule has 0 aliphatic heterocycles. The van der Waals surface area contributed by atoms with Gasteiger partial charge in [-0.3, -0.25) is 10.1 Å². The zero-order valence-electron chi connectivity index (χ0n) is 14.1. The number of carbonyl (C=O) groups excluding carboxylic acids is 2. The molecule has 0 aliphatic carbocycles. The molecule has 2 rings (SSSR count). The third-order valence-electron chi connectivity index (χ3n) is 3.47. The van der Waals surface area contributed by atoms with Crippen molar-refractivity contribution in [1.29, 1.82) is 0 Å². The fourth-order valence-corrected chi connectivity index (χ4v) is 2.30. The van der Waals surface area contributed by atoms with Crippen LogP contribution in [0.25, 0.3) is 0 Å². The highest BCUT2D eigenvalue weighted by atomic mass is 32.1. The number of nitrogens with one attached hydrogen (secondary N) is 2. The minimum atomic E-state index is -0.672. The van der Waals surface area contributed by atoms with Gasteiger partial charge in [-0.05, 0) is 43.8 Å². The fourth-order valence-electron chi connectivity index (χ4n) is 2.03. The summed E-state index contributed by atoms with van der Waals surface area (Å²) in [4.78, 5) is 24.1. The van der Waals surface area contributed by atoms with Crippen LogP contribution in [-0.2, 0) is 16.1 Å². The third kappa shape index (κ3) is 6.00. The number of ether oxygens (including phenoxy) is 1. The van der Waals surface area contributed by atoms with E-state index in [-0.39, 0.29) is 17.6 Å². The summed E-state index contributed by atoms with van der Waals surface area (Å²) in [5.74, 6) is -0.779. The van der Waals surface area contributed by atoms with Gasteiger partial charge in [-0.25, -0.2) is 4.79 Å². The summed E-state index contributed by atoms with van der Waals surface area (Å²) in [6, 6.07) is 15.8. The first-order valence-electron chi connectivity index (χ1n) is 7.85. The molecule has 2 N–H and O–H groups in total. The van der Waals surface area contributed by atoms with E-state index in [1.165, 1.54) is 0 Å². The number of hydrogen-bond acceptors (Lipinski definition) is 4. The normalized spacial score (nSPS) is 11.3. The average molecular weight is 356 g/mol. The molecule has 0 spiro atoms. The van der Waals surface area contributed by atoms with Crippen molar-refractivity contribution in [3.63, 3.8) is 0 Å². The molecular formula is C19H20N2O3S. The van der Waals surface area contributed by atoms with Gasteiger partial charge in [0.1, 0.15) is 12.6 Å². The molecule has 1 amide bonds. The monoisotopic (exact) mass is 356 g/mol. The molecule has 5 nitrogen and oxygen atoms in total. The maximum Gasteiger partial charge on any atom is 0.328 e. The summed E-state index contributed by atoms with van der Waals surface area (Å²) in [6.07, 6.45) is 0. The van der Waals surface area contributed by atoms with Gasteiger partial charge in [0, 0.05) is 5.56 Å². The van der Waals surface area contributed by atoms with E-state index in [2.05, 4.69) is 10.6 Å². The zero-order chi connectivity index (χ0) is 18.2. The van der Waals surface area contributed by atoms with Crippen molar-refractivity contribution in [2.24, 2.45) is 0 Å². The lowest BCUT2D eigenvalue weighted by Gasteiger charge is -2.15. The van der Waals surface area contributed by atoms with Crippen LogP contribution in [0.2, 0.25) is 0 Å².